The van der Waals surface area contributed by atoms with Gasteiger partial charge in [0, 0.05) is 5.56 Å². The molecule has 5 nitrogen and oxygen atoms in total. The monoisotopic (exact) mass is 617 g/mol. The topological polar surface area (TPSA) is 76.6 Å². The van der Waals surface area contributed by atoms with Gasteiger partial charge in [-0.25, -0.2) is 9.37 Å². The molecule has 3 aromatic rings. The summed E-state index contributed by atoms with van der Waals surface area (Å²) in [7, 11) is 0. The van der Waals surface area contributed by atoms with Gasteiger partial charge in [-0.05, 0) is 68.1 Å². The number of nitrogens with zero attached hydrogens (tertiary/aromatic N) is 5. The molecule has 28 heavy (non-hydrogen) atoms. The summed E-state index contributed by atoms with van der Waals surface area (Å²) in [6.45, 7) is 3.95. The molecule has 3 rings (SSSR count). The van der Waals surface area contributed by atoms with Crippen LogP contribution in [-0.2, 0) is 1.68 Å². The summed E-state index contributed by atoms with van der Waals surface area (Å²) in [5.74, 6) is 0.352. The lowest BCUT2D eigenvalue weighted by Crippen LogP contribution is -2.30. The van der Waals surface area contributed by atoms with Crippen molar-refractivity contribution < 1.29 is 4.39 Å². The summed E-state index contributed by atoms with van der Waals surface area (Å²) >= 11 is 4.91. The number of nitriles is 2. The highest BCUT2D eigenvalue weighted by molar-refractivity contribution is 14.2. The summed E-state index contributed by atoms with van der Waals surface area (Å²) in [5, 5.41) is 21.2. The highest BCUT2D eigenvalue weighted by Crippen LogP contribution is 2.46. The summed E-state index contributed by atoms with van der Waals surface area (Å²) in [6, 6.07) is 10.5. The lowest BCUT2D eigenvalue weighted by molar-refractivity contribution is 0.449. The van der Waals surface area contributed by atoms with Gasteiger partial charge in [-0.15, -0.1) is 11.3 Å². The van der Waals surface area contributed by atoms with E-state index in [2.05, 4.69) is 16.2 Å². The number of rotatable bonds is 5. The highest BCUT2D eigenvalue weighted by atomic mass is 127. The van der Waals surface area contributed by atoms with Crippen LogP contribution in [0, 0.1) is 28.7 Å². The molecule has 1 aromatic carbocycles. The predicted molar refractivity (Wildman–Crippen MR) is 125 cm³/mol. The zero-order valence-corrected chi connectivity index (χ0v) is 20.0. The van der Waals surface area contributed by atoms with Gasteiger partial charge < -0.3 is 0 Å². The fraction of sp³-hybridized carbons (Fsp3) is 0.263. The first-order chi connectivity index (χ1) is 13.3. The van der Waals surface area contributed by atoms with Gasteiger partial charge in [0.15, 0.2) is 12.0 Å². The standard InChI is InChI=1S/C19H14FI2N5S/c1-11(2)16(12-5-3-4-6-13(12)19(20,21)22)27(10-24)18-17-14(7-8-28-17)25-15(9-23)26-18/h3-8,11,16H,1-2H3. The van der Waals surface area contributed by atoms with Crippen LogP contribution in [-0.4, -0.2) is 9.97 Å². The molecule has 2 aromatic heterocycles. The molecule has 0 N–H and O–H groups in total. The summed E-state index contributed by atoms with van der Waals surface area (Å²) in [5.41, 5.74) is 1.84. The van der Waals surface area contributed by atoms with E-state index in [-0.39, 0.29) is 11.7 Å². The zero-order valence-electron chi connectivity index (χ0n) is 14.9. The Kier molecular flexibility index (Phi) is 6.37. The Balaban J connectivity index is 2.26. The number of halogens is 3. The molecule has 0 bridgehead atoms. The lowest BCUT2D eigenvalue weighted by Gasteiger charge is -2.32. The Morgan fingerprint density at radius 1 is 1.18 bits per heavy atom. The van der Waals surface area contributed by atoms with E-state index in [1.807, 2.05) is 37.4 Å². The normalized spacial score (nSPS) is 12.6. The lowest BCUT2D eigenvalue weighted by atomic mass is 9.91. The van der Waals surface area contributed by atoms with Crippen LogP contribution in [0.5, 0.6) is 0 Å². The Hall–Kier alpha value is -1.57. The average Bonchev–Trinajstić information content (AvgIpc) is 3.13. The van der Waals surface area contributed by atoms with Crippen LogP contribution in [0.4, 0.5) is 10.2 Å². The van der Waals surface area contributed by atoms with Crippen LogP contribution in [0.3, 0.4) is 0 Å². The van der Waals surface area contributed by atoms with E-state index in [1.165, 1.54) is 16.2 Å². The van der Waals surface area contributed by atoms with E-state index in [4.69, 9.17) is 0 Å². The first-order valence-electron chi connectivity index (χ1n) is 8.28. The fourth-order valence-corrected chi connectivity index (χ4v) is 4.91. The quantitative estimate of drug-likeness (QED) is 0.148. The fourth-order valence-electron chi connectivity index (χ4n) is 3.11. The third-order valence-electron chi connectivity index (χ3n) is 4.22. The molecule has 0 aliphatic heterocycles. The third kappa shape index (κ3) is 4.07. The minimum atomic E-state index is -1.62. The molecule has 0 aliphatic carbocycles. The van der Waals surface area contributed by atoms with Gasteiger partial charge in [0.05, 0.1) is 16.3 Å². The van der Waals surface area contributed by atoms with Crippen molar-refractivity contribution in [1.29, 1.82) is 10.5 Å². The van der Waals surface area contributed by atoms with Crippen molar-refractivity contribution in [3.05, 3.63) is 52.7 Å². The Bertz CT molecular complexity index is 1090. The number of hydrogen-bond donors (Lipinski definition) is 0. The van der Waals surface area contributed by atoms with Crippen molar-refractivity contribution >= 4 is 72.6 Å². The second-order valence-corrected chi connectivity index (χ2v) is 12.3. The molecule has 0 aliphatic rings. The summed E-state index contributed by atoms with van der Waals surface area (Å²) in [4.78, 5) is 10.0. The number of aromatic nitrogens is 2. The molecular formula is C19H14FI2N5S. The van der Waals surface area contributed by atoms with Gasteiger partial charge in [-0.2, -0.15) is 15.5 Å². The Morgan fingerprint density at radius 3 is 2.50 bits per heavy atom. The second kappa shape index (κ2) is 8.43. The van der Waals surface area contributed by atoms with E-state index in [0.717, 1.165) is 4.70 Å². The van der Waals surface area contributed by atoms with Crippen molar-refractivity contribution in [1.82, 2.24) is 9.97 Å². The summed E-state index contributed by atoms with van der Waals surface area (Å²) in [6.07, 6.45) is 2.22. The first-order valence-corrected chi connectivity index (χ1v) is 11.3. The SMILES string of the molecule is CC(C)C(c1ccccc1C(F)(I)I)N(C#N)c1nc(C#N)nc2ccsc12. The van der Waals surface area contributed by atoms with Gasteiger partial charge in [-0.1, -0.05) is 38.1 Å². The third-order valence-corrected chi connectivity index (χ3v) is 6.28. The number of hydrogen-bond acceptors (Lipinski definition) is 6. The van der Waals surface area contributed by atoms with Crippen LogP contribution in [0.15, 0.2) is 35.7 Å². The Morgan fingerprint density at radius 2 is 1.89 bits per heavy atom. The van der Waals surface area contributed by atoms with E-state index in [0.29, 0.717) is 22.5 Å². The first kappa shape index (κ1) is 21.1. The average molecular weight is 617 g/mol. The smallest absolute Gasteiger partial charge is 0.235 e. The number of alkyl halides is 3. The number of fused-ring (bicyclic) bond motifs is 1. The molecule has 142 valence electrons. The molecular weight excluding hydrogens is 603 g/mol. The molecule has 0 radical (unpaired) electrons. The maximum Gasteiger partial charge on any atom is 0.235 e. The molecule has 0 fully saturated rings. The number of benzene rings is 1. The summed E-state index contributed by atoms with van der Waals surface area (Å²) < 4.78 is 14.0. The van der Waals surface area contributed by atoms with Crippen LogP contribution in [0.2, 0.25) is 0 Å². The van der Waals surface area contributed by atoms with Crippen LogP contribution < -0.4 is 4.90 Å². The van der Waals surface area contributed by atoms with Crippen molar-refractivity contribution in [2.45, 2.75) is 21.6 Å². The molecule has 0 saturated carbocycles. The van der Waals surface area contributed by atoms with Crippen molar-refractivity contribution in [2.24, 2.45) is 5.92 Å². The molecule has 1 atom stereocenters. The van der Waals surface area contributed by atoms with E-state index in [9.17, 15) is 14.9 Å². The van der Waals surface area contributed by atoms with Crippen LogP contribution in [0.25, 0.3) is 10.2 Å². The molecule has 1 unspecified atom stereocenters. The highest BCUT2D eigenvalue weighted by Gasteiger charge is 2.34. The molecule has 2 heterocycles. The van der Waals surface area contributed by atoms with Crippen molar-refractivity contribution in [2.75, 3.05) is 4.90 Å². The van der Waals surface area contributed by atoms with Gasteiger partial charge in [-0.3, -0.25) is 4.90 Å². The van der Waals surface area contributed by atoms with Gasteiger partial charge in [0.1, 0.15) is 6.07 Å². The molecule has 0 saturated heterocycles. The van der Waals surface area contributed by atoms with Crippen molar-refractivity contribution in [3.63, 3.8) is 0 Å². The molecule has 9 heteroatoms. The van der Waals surface area contributed by atoms with Gasteiger partial charge in [0.25, 0.3) is 0 Å². The molecule has 0 spiro atoms. The van der Waals surface area contributed by atoms with Crippen molar-refractivity contribution in [3.8, 4) is 12.3 Å². The van der Waals surface area contributed by atoms with Gasteiger partial charge in [0.2, 0.25) is 7.51 Å². The van der Waals surface area contributed by atoms with Crippen LogP contribution in [0.1, 0.15) is 36.8 Å². The minimum absolute atomic E-state index is 0.000405. The largest absolute Gasteiger partial charge is 0.254 e. The Labute approximate surface area is 193 Å². The van der Waals surface area contributed by atoms with E-state index < -0.39 is 7.72 Å². The minimum Gasteiger partial charge on any atom is -0.254 e. The van der Waals surface area contributed by atoms with Crippen LogP contribution >= 0.6 is 56.5 Å². The zero-order chi connectivity index (χ0) is 20.5. The predicted octanol–water partition coefficient (Wildman–Crippen LogP) is 6.20. The number of thiophene rings is 1. The maximum absolute atomic E-state index is 14.9. The molecule has 0 amide bonds. The van der Waals surface area contributed by atoms with E-state index >= 15 is 0 Å². The maximum atomic E-state index is 14.9. The van der Waals surface area contributed by atoms with E-state index in [1.54, 1.807) is 63.4 Å². The van der Waals surface area contributed by atoms with Gasteiger partial charge >= 0.3 is 0 Å². The number of anilines is 1. The second-order valence-electron chi connectivity index (χ2n) is 6.36.